The Morgan fingerprint density at radius 2 is 1.88 bits per heavy atom. The zero-order chi connectivity index (χ0) is 11.4. The summed E-state index contributed by atoms with van der Waals surface area (Å²) >= 11 is 4.55. The lowest BCUT2D eigenvalue weighted by Crippen LogP contribution is -2.35. The lowest BCUT2D eigenvalue weighted by Gasteiger charge is -2.33. The molecule has 0 spiro atoms. The van der Waals surface area contributed by atoms with E-state index in [0.717, 1.165) is 12.5 Å². The minimum atomic E-state index is 0.555. The molecule has 0 N–H and O–H groups in total. The number of piperidine rings is 1. The summed E-state index contributed by atoms with van der Waals surface area (Å²) in [5, 5.41) is 0.555. The second-order valence-electron chi connectivity index (χ2n) is 4.84. The van der Waals surface area contributed by atoms with Crippen molar-refractivity contribution in [1.82, 2.24) is 4.90 Å². The van der Waals surface area contributed by atoms with Crippen molar-refractivity contribution in [2.24, 2.45) is 5.92 Å². The predicted octanol–water partition coefficient (Wildman–Crippen LogP) is 3.22. The maximum atomic E-state index is 4.55. The molecule has 0 radical (unpaired) electrons. The normalized spacial score (nSPS) is 20.9. The van der Waals surface area contributed by atoms with Crippen LogP contribution in [0.2, 0.25) is 0 Å². The SMILES string of the molecule is CC(S)C1CCN(Cc2ccccc2)CC1. The summed E-state index contributed by atoms with van der Waals surface area (Å²) in [6.45, 7) is 5.78. The van der Waals surface area contributed by atoms with Crippen LogP contribution in [0.4, 0.5) is 0 Å². The van der Waals surface area contributed by atoms with Gasteiger partial charge in [0.05, 0.1) is 0 Å². The predicted molar refractivity (Wildman–Crippen MR) is 72.9 cm³/mol. The molecule has 1 aliphatic heterocycles. The Balaban J connectivity index is 1.82. The molecule has 1 nitrogen and oxygen atoms in total. The van der Waals surface area contributed by atoms with E-state index in [2.05, 4.69) is 54.8 Å². The Morgan fingerprint density at radius 1 is 1.25 bits per heavy atom. The Morgan fingerprint density at radius 3 is 2.44 bits per heavy atom. The van der Waals surface area contributed by atoms with E-state index in [9.17, 15) is 0 Å². The van der Waals surface area contributed by atoms with E-state index in [4.69, 9.17) is 0 Å². The number of nitrogens with zero attached hydrogens (tertiary/aromatic N) is 1. The van der Waals surface area contributed by atoms with Gasteiger partial charge in [-0.25, -0.2) is 0 Å². The quantitative estimate of drug-likeness (QED) is 0.787. The highest BCUT2D eigenvalue weighted by atomic mass is 32.1. The molecule has 1 saturated heterocycles. The monoisotopic (exact) mass is 235 g/mol. The summed E-state index contributed by atoms with van der Waals surface area (Å²) in [7, 11) is 0. The molecule has 1 heterocycles. The van der Waals surface area contributed by atoms with Gasteiger partial charge in [0.25, 0.3) is 0 Å². The molecule has 88 valence electrons. The minimum absolute atomic E-state index is 0.555. The van der Waals surface area contributed by atoms with Crippen molar-refractivity contribution in [2.75, 3.05) is 13.1 Å². The molecule has 0 amide bonds. The Bertz CT molecular complexity index is 302. The smallest absolute Gasteiger partial charge is 0.0233 e. The average Bonchev–Trinajstić information content (AvgIpc) is 2.31. The van der Waals surface area contributed by atoms with Crippen molar-refractivity contribution in [2.45, 2.75) is 31.6 Å². The molecule has 1 unspecified atom stereocenters. The molecule has 1 atom stereocenters. The van der Waals surface area contributed by atoms with Crippen LogP contribution in [0.15, 0.2) is 30.3 Å². The van der Waals surface area contributed by atoms with Gasteiger partial charge in [-0.2, -0.15) is 12.6 Å². The van der Waals surface area contributed by atoms with Crippen molar-refractivity contribution in [3.8, 4) is 0 Å². The van der Waals surface area contributed by atoms with Crippen LogP contribution in [-0.2, 0) is 6.54 Å². The van der Waals surface area contributed by atoms with Gasteiger partial charge in [0.1, 0.15) is 0 Å². The number of benzene rings is 1. The summed E-state index contributed by atoms with van der Waals surface area (Å²) in [6, 6.07) is 10.8. The van der Waals surface area contributed by atoms with Gasteiger partial charge in [-0.3, -0.25) is 4.90 Å². The van der Waals surface area contributed by atoms with Gasteiger partial charge in [-0.1, -0.05) is 37.3 Å². The second kappa shape index (κ2) is 5.74. The van der Waals surface area contributed by atoms with Crippen LogP contribution in [0.5, 0.6) is 0 Å². The van der Waals surface area contributed by atoms with Crippen molar-refractivity contribution in [3.05, 3.63) is 35.9 Å². The lowest BCUT2D eigenvalue weighted by atomic mass is 9.94. The van der Waals surface area contributed by atoms with Crippen LogP contribution in [0, 0.1) is 5.92 Å². The van der Waals surface area contributed by atoms with Gasteiger partial charge in [0, 0.05) is 11.8 Å². The Labute approximate surface area is 104 Å². The highest BCUT2D eigenvalue weighted by molar-refractivity contribution is 7.80. The van der Waals surface area contributed by atoms with E-state index < -0.39 is 0 Å². The topological polar surface area (TPSA) is 3.24 Å². The Hall–Kier alpha value is -0.470. The van der Waals surface area contributed by atoms with Crippen LogP contribution in [-0.4, -0.2) is 23.2 Å². The number of rotatable bonds is 3. The van der Waals surface area contributed by atoms with Gasteiger partial charge in [-0.05, 0) is 37.4 Å². The molecule has 1 aromatic carbocycles. The highest BCUT2D eigenvalue weighted by Crippen LogP contribution is 2.24. The fraction of sp³-hybridized carbons (Fsp3) is 0.571. The molecule has 0 aromatic heterocycles. The molecule has 0 saturated carbocycles. The van der Waals surface area contributed by atoms with Gasteiger partial charge < -0.3 is 0 Å². The first kappa shape index (κ1) is 12.0. The average molecular weight is 235 g/mol. The number of hydrogen-bond donors (Lipinski definition) is 1. The molecular weight excluding hydrogens is 214 g/mol. The molecule has 2 rings (SSSR count). The largest absolute Gasteiger partial charge is 0.299 e. The van der Waals surface area contributed by atoms with E-state index in [-0.39, 0.29) is 0 Å². The first-order valence-electron chi connectivity index (χ1n) is 6.20. The maximum Gasteiger partial charge on any atom is 0.0233 e. The van der Waals surface area contributed by atoms with E-state index >= 15 is 0 Å². The maximum absolute atomic E-state index is 4.55. The van der Waals surface area contributed by atoms with E-state index in [1.807, 2.05) is 0 Å². The van der Waals surface area contributed by atoms with Crippen molar-refractivity contribution in [1.29, 1.82) is 0 Å². The molecule has 1 aromatic rings. The summed E-state index contributed by atoms with van der Waals surface area (Å²) < 4.78 is 0. The van der Waals surface area contributed by atoms with Gasteiger partial charge in [-0.15, -0.1) is 0 Å². The van der Waals surface area contributed by atoms with Crippen LogP contribution < -0.4 is 0 Å². The first-order valence-corrected chi connectivity index (χ1v) is 6.71. The third-order valence-electron chi connectivity index (χ3n) is 3.56. The standard InChI is InChI=1S/C14H21NS/c1-12(16)14-7-9-15(10-8-14)11-13-5-3-2-4-6-13/h2-6,12,14,16H,7-11H2,1H3. The zero-order valence-electron chi connectivity index (χ0n) is 9.97. The summed E-state index contributed by atoms with van der Waals surface area (Å²) in [6.07, 6.45) is 2.61. The molecule has 1 fully saturated rings. The molecule has 0 bridgehead atoms. The highest BCUT2D eigenvalue weighted by Gasteiger charge is 2.21. The van der Waals surface area contributed by atoms with Gasteiger partial charge in [0.15, 0.2) is 0 Å². The van der Waals surface area contributed by atoms with Crippen molar-refractivity contribution in [3.63, 3.8) is 0 Å². The van der Waals surface area contributed by atoms with Crippen LogP contribution >= 0.6 is 12.6 Å². The molecule has 16 heavy (non-hydrogen) atoms. The minimum Gasteiger partial charge on any atom is -0.299 e. The second-order valence-corrected chi connectivity index (χ2v) is 5.65. The van der Waals surface area contributed by atoms with Crippen molar-refractivity contribution >= 4 is 12.6 Å². The summed E-state index contributed by atoms with van der Waals surface area (Å²) in [4.78, 5) is 2.56. The fourth-order valence-electron chi connectivity index (χ4n) is 2.44. The van der Waals surface area contributed by atoms with Gasteiger partial charge >= 0.3 is 0 Å². The summed E-state index contributed by atoms with van der Waals surface area (Å²) in [5.74, 6) is 0.815. The van der Waals surface area contributed by atoms with Crippen LogP contribution in [0.1, 0.15) is 25.3 Å². The molecular formula is C14H21NS. The molecule has 0 aliphatic carbocycles. The molecule has 1 aliphatic rings. The fourth-order valence-corrected chi connectivity index (χ4v) is 2.73. The lowest BCUT2D eigenvalue weighted by molar-refractivity contribution is 0.178. The number of thiol groups is 1. The van der Waals surface area contributed by atoms with Gasteiger partial charge in [0.2, 0.25) is 0 Å². The number of likely N-dealkylation sites (tertiary alicyclic amines) is 1. The third-order valence-corrected chi connectivity index (χ3v) is 3.99. The summed E-state index contributed by atoms with van der Waals surface area (Å²) in [5.41, 5.74) is 1.43. The van der Waals surface area contributed by atoms with Crippen LogP contribution in [0.3, 0.4) is 0 Å². The number of hydrogen-bond acceptors (Lipinski definition) is 2. The van der Waals surface area contributed by atoms with E-state index in [0.29, 0.717) is 5.25 Å². The Kier molecular flexibility index (Phi) is 4.30. The van der Waals surface area contributed by atoms with E-state index in [1.54, 1.807) is 0 Å². The van der Waals surface area contributed by atoms with E-state index in [1.165, 1.54) is 31.5 Å². The molecule has 2 heteroatoms. The third kappa shape index (κ3) is 3.26. The van der Waals surface area contributed by atoms with Crippen molar-refractivity contribution < 1.29 is 0 Å². The first-order chi connectivity index (χ1) is 7.75. The zero-order valence-corrected chi connectivity index (χ0v) is 10.9. The van der Waals surface area contributed by atoms with Crippen LogP contribution in [0.25, 0.3) is 0 Å².